The van der Waals surface area contributed by atoms with Gasteiger partial charge in [-0.15, -0.1) is 0 Å². The molecule has 0 bridgehead atoms. The van der Waals surface area contributed by atoms with Gasteiger partial charge in [0, 0.05) is 30.5 Å². The first-order valence-corrected chi connectivity index (χ1v) is 9.84. The SMILES string of the molecule is COc1cccc(CSc2nc(C)c(Cc3cccc(C)c3)c(=O)n2C)c1. The quantitative estimate of drug-likeness (QED) is 0.473. The van der Waals surface area contributed by atoms with Gasteiger partial charge in [-0.3, -0.25) is 9.36 Å². The zero-order valence-electron chi connectivity index (χ0n) is 16.2. The van der Waals surface area contributed by atoms with E-state index in [-0.39, 0.29) is 5.56 Å². The Morgan fingerprint density at radius 1 is 1.07 bits per heavy atom. The Balaban J connectivity index is 1.82. The molecule has 1 aromatic heterocycles. The van der Waals surface area contributed by atoms with E-state index < -0.39 is 0 Å². The lowest BCUT2D eigenvalue weighted by molar-refractivity contribution is 0.414. The zero-order valence-corrected chi connectivity index (χ0v) is 17.0. The molecule has 0 aliphatic rings. The summed E-state index contributed by atoms with van der Waals surface area (Å²) in [4.78, 5) is 17.6. The number of aryl methyl sites for hydroxylation is 2. The molecule has 4 nitrogen and oxygen atoms in total. The standard InChI is InChI=1S/C22H24N2O2S/c1-15-7-5-8-17(11-15)13-20-16(2)23-22(24(3)21(20)25)27-14-18-9-6-10-19(12-18)26-4/h5-12H,13-14H2,1-4H3. The largest absolute Gasteiger partial charge is 0.497 e. The Labute approximate surface area is 164 Å². The maximum absolute atomic E-state index is 12.9. The van der Waals surface area contributed by atoms with Gasteiger partial charge in [0.2, 0.25) is 0 Å². The van der Waals surface area contributed by atoms with Crippen molar-refractivity contribution in [1.82, 2.24) is 9.55 Å². The van der Waals surface area contributed by atoms with Crippen LogP contribution in [-0.4, -0.2) is 16.7 Å². The van der Waals surface area contributed by atoms with E-state index in [1.807, 2.05) is 37.3 Å². The predicted molar refractivity (Wildman–Crippen MR) is 111 cm³/mol. The molecule has 0 spiro atoms. The highest BCUT2D eigenvalue weighted by atomic mass is 32.2. The molecule has 140 valence electrons. The molecule has 0 radical (unpaired) electrons. The Morgan fingerprint density at radius 3 is 2.56 bits per heavy atom. The van der Waals surface area contributed by atoms with Crippen molar-refractivity contribution >= 4 is 11.8 Å². The van der Waals surface area contributed by atoms with Crippen LogP contribution < -0.4 is 10.3 Å². The van der Waals surface area contributed by atoms with Crippen molar-refractivity contribution < 1.29 is 4.74 Å². The number of ether oxygens (including phenoxy) is 1. The molecule has 27 heavy (non-hydrogen) atoms. The van der Waals surface area contributed by atoms with Crippen molar-refractivity contribution in [1.29, 1.82) is 0 Å². The number of methoxy groups -OCH3 is 1. The van der Waals surface area contributed by atoms with E-state index in [9.17, 15) is 4.79 Å². The summed E-state index contributed by atoms with van der Waals surface area (Å²) in [7, 11) is 3.45. The van der Waals surface area contributed by atoms with E-state index in [0.717, 1.165) is 39.0 Å². The number of thioether (sulfide) groups is 1. The molecule has 1 heterocycles. The molecule has 2 aromatic carbocycles. The van der Waals surface area contributed by atoms with Gasteiger partial charge in [0.25, 0.3) is 5.56 Å². The molecule has 0 atom stereocenters. The Kier molecular flexibility index (Phi) is 6.01. The van der Waals surface area contributed by atoms with Crippen LogP contribution in [0.2, 0.25) is 0 Å². The number of benzene rings is 2. The van der Waals surface area contributed by atoms with Crippen LogP contribution in [0.25, 0.3) is 0 Å². The predicted octanol–water partition coefficient (Wildman–Crippen LogP) is 4.29. The minimum absolute atomic E-state index is 0.0251. The van der Waals surface area contributed by atoms with Crippen molar-refractivity contribution in [3.05, 3.63) is 86.8 Å². The Morgan fingerprint density at radius 2 is 1.81 bits per heavy atom. The smallest absolute Gasteiger partial charge is 0.257 e. The van der Waals surface area contributed by atoms with Crippen molar-refractivity contribution in [3.63, 3.8) is 0 Å². The highest BCUT2D eigenvalue weighted by molar-refractivity contribution is 7.98. The second kappa shape index (κ2) is 8.44. The average molecular weight is 381 g/mol. The number of hydrogen-bond acceptors (Lipinski definition) is 4. The molecule has 3 rings (SSSR count). The molecule has 0 N–H and O–H groups in total. The van der Waals surface area contributed by atoms with Crippen LogP contribution in [-0.2, 0) is 19.2 Å². The summed E-state index contributed by atoms with van der Waals surface area (Å²) in [6, 6.07) is 16.2. The first-order valence-electron chi connectivity index (χ1n) is 8.85. The van der Waals surface area contributed by atoms with E-state index in [2.05, 4.69) is 25.1 Å². The van der Waals surface area contributed by atoms with Crippen molar-refractivity contribution in [2.24, 2.45) is 7.05 Å². The average Bonchev–Trinajstić information content (AvgIpc) is 2.67. The summed E-state index contributed by atoms with van der Waals surface area (Å²) >= 11 is 1.56. The van der Waals surface area contributed by atoms with Crippen molar-refractivity contribution in [2.75, 3.05) is 7.11 Å². The Hall–Kier alpha value is -2.53. The molecule has 0 fully saturated rings. The van der Waals surface area contributed by atoms with Gasteiger partial charge in [0.1, 0.15) is 5.75 Å². The van der Waals surface area contributed by atoms with Crippen LogP contribution in [0, 0.1) is 13.8 Å². The fourth-order valence-electron chi connectivity index (χ4n) is 3.00. The molecule has 0 amide bonds. The molecule has 0 saturated heterocycles. The molecule has 0 aliphatic carbocycles. The lowest BCUT2D eigenvalue weighted by Crippen LogP contribution is -2.25. The second-order valence-electron chi connectivity index (χ2n) is 6.63. The summed E-state index contributed by atoms with van der Waals surface area (Å²) in [5.41, 5.74) is 5.04. The van der Waals surface area contributed by atoms with Gasteiger partial charge in [0.05, 0.1) is 7.11 Å². The molecular weight excluding hydrogens is 356 g/mol. The third-order valence-electron chi connectivity index (χ3n) is 4.52. The van der Waals surface area contributed by atoms with E-state index in [4.69, 9.17) is 9.72 Å². The van der Waals surface area contributed by atoms with E-state index in [1.165, 1.54) is 5.56 Å². The van der Waals surface area contributed by atoms with Crippen molar-refractivity contribution in [3.8, 4) is 5.75 Å². The van der Waals surface area contributed by atoms with Crippen LogP contribution in [0.4, 0.5) is 0 Å². The van der Waals surface area contributed by atoms with Crippen LogP contribution >= 0.6 is 11.8 Å². The van der Waals surface area contributed by atoms with Crippen molar-refractivity contribution in [2.45, 2.75) is 31.2 Å². The van der Waals surface area contributed by atoms with Crippen LogP contribution in [0.15, 0.2) is 58.5 Å². The fraction of sp³-hybridized carbons (Fsp3) is 0.273. The van der Waals surface area contributed by atoms with Crippen LogP contribution in [0.1, 0.15) is 27.9 Å². The third-order valence-corrected chi connectivity index (χ3v) is 5.62. The van der Waals surface area contributed by atoms with Gasteiger partial charge in [-0.2, -0.15) is 0 Å². The monoisotopic (exact) mass is 380 g/mol. The summed E-state index contributed by atoms with van der Waals surface area (Å²) in [6.45, 7) is 3.98. The van der Waals surface area contributed by atoms with Gasteiger partial charge in [-0.25, -0.2) is 4.98 Å². The summed E-state index contributed by atoms with van der Waals surface area (Å²) in [5, 5.41) is 0.730. The number of aromatic nitrogens is 2. The molecular formula is C22H24N2O2S. The topological polar surface area (TPSA) is 44.1 Å². The number of hydrogen-bond donors (Lipinski definition) is 0. The molecule has 5 heteroatoms. The van der Waals surface area contributed by atoms with E-state index in [1.54, 1.807) is 30.5 Å². The summed E-state index contributed by atoms with van der Waals surface area (Å²) in [6.07, 6.45) is 0.605. The summed E-state index contributed by atoms with van der Waals surface area (Å²) < 4.78 is 6.93. The molecule has 0 unspecified atom stereocenters. The third kappa shape index (κ3) is 4.61. The molecule has 0 saturated carbocycles. The van der Waals surface area contributed by atoms with Crippen LogP contribution in [0.5, 0.6) is 5.75 Å². The van der Waals surface area contributed by atoms with Crippen LogP contribution in [0.3, 0.4) is 0 Å². The fourth-order valence-corrected chi connectivity index (χ4v) is 3.95. The highest BCUT2D eigenvalue weighted by Crippen LogP contribution is 2.23. The lowest BCUT2D eigenvalue weighted by Gasteiger charge is -2.12. The second-order valence-corrected chi connectivity index (χ2v) is 7.57. The van der Waals surface area contributed by atoms with E-state index >= 15 is 0 Å². The number of rotatable bonds is 6. The van der Waals surface area contributed by atoms with Gasteiger partial charge < -0.3 is 4.74 Å². The first-order chi connectivity index (χ1) is 13.0. The number of nitrogens with zero attached hydrogens (tertiary/aromatic N) is 2. The first kappa shape index (κ1) is 19.2. The van der Waals surface area contributed by atoms with Gasteiger partial charge in [0.15, 0.2) is 5.16 Å². The summed E-state index contributed by atoms with van der Waals surface area (Å²) in [5.74, 6) is 1.56. The molecule has 0 aliphatic heterocycles. The Bertz CT molecular complexity index is 1010. The van der Waals surface area contributed by atoms with Gasteiger partial charge in [-0.1, -0.05) is 53.7 Å². The molecule has 3 aromatic rings. The minimum Gasteiger partial charge on any atom is -0.497 e. The van der Waals surface area contributed by atoms with Gasteiger partial charge >= 0.3 is 0 Å². The minimum atomic E-state index is 0.0251. The lowest BCUT2D eigenvalue weighted by atomic mass is 10.0. The highest BCUT2D eigenvalue weighted by Gasteiger charge is 2.13. The normalized spacial score (nSPS) is 10.8. The zero-order chi connectivity index (χ0) is 19.4. The maximum atomic E-state index is 12.9. The van der Waals surface area contributed by atoms with Gasteiger partial charge in [-0.05, 0) is 37.1 Å². The maximum Gasteiger partial charge on any atom is 0.257 e. The van der Waals surface area contributed by atoms with E-state index in [0.29, 0.717) is 6.42 Å².